The molecule has 2 heterocycles. The summed E-state index contributed by atoms with van der Waals surface area (Å²) < 4.78 is 5.61. The van der Waals surface area contributed by atoms with Crippen LogP contribution in [0.4, 0.5) is 11.8 Å². The largest absolute Gasteiger partial charge is 0.376 e. The zero-order valence-electron chi connectivity index (χ0n) is 10.9. The normalized spacial score (nSPS) is 28.1. The molecule has 0 aromatic carbocycles. The van der Waals surface area contributed by atoms with E-state index in [-0.39, 0.29) is 11.6 Å². The molecule has 0 aliphatic carbocycles. The van der Waals surface area contributed by atoms with Crippen LogP contribution in [0.3, 0.4) is 0 Å². The highest BCUT2D eigenvalue weighted by molar-refractivity contribution is 5.44. The number of nitrogens with one attached hydrogen (secondary N) is 2. The van der Waals surface area contributed by atoms with Gasteiger partial charge >= 0.3 is 0 Å². The Kier molecular flexibility index (Phi) is 3.19. The minimum atomic E-state index is -0.0498. The standard InChI is InChI=1S/C12H20N4O/c1-8-7-10(15-11(13-4)14-8)16-12(3)5-6-17-9(12)2/h7,9H,5-6H2,1-4H3,(H2,13,14,15,16). The van der Waals surface area contributed by atoms with Gasteiger partial charge in [-0.25, -0.2) is 4.98 Å². The lowest BCUT2D eigenvalue weighted by Crippen LogP contribution is -2.41. The van der Waals surface area contributed by atoms with Crippen molar-refractivity contribution in [2.75, 3.05) is 24.3 Å². The third-order valence-electron chi connectivity index (χ3n) is 3.38. The molecule has 2 rings (SSSR count). The summed E-state index contributed by atoms with van der Waals surface area (Å²) in [5.74, 6) is 1.49. The Morgan fingerprint density at radius 3 is 2.82 bits per heavy atom. The first-order chi connectivity index (χ1) is 8.03. The lowest BCUT2D eigenvalue weighted by Gasteiger charge is -2.29. The summed E-state index contributed by atoms with van der Waals surface area (Å²) in [6, 6.07) is 1.96. The average molecular weight is 236 g/mol. The van der Waals surface area contributed by atoms with Crippen molar-refractivity contribution < 1.29 is 4.74 Å². The number of aryl methyl sites for hydroxylation is 1. The Hall–Kier alpha value is -1.36. The Morgan fingerprint density at radius 2 is 2.24 bits per heavy atom. The number of hydrogen-bond acceptors (Lipinski definition) is 5. The van der Waals surface area contributed by atoms with E-state index in [4.69, 9.17) is 4.74 Å². The van der Waals surface area contributed by atoms with E-state index in [2.05, 4.69) is 34.4 Å². The zero-order valence-corrected chi connectivity index (χ0v) is 10.9. The molecule has 2 unspecified atom stereocenters. The lowest BCUT2D eigenvalue weighted by atomic mass is 9.95. The molecule has 1 fully saturated rings. The number of ether oxygens (including phenoxy) is 1. The van der Waals surface area contributed by atoms with Crippen LogP contribution in [-0.2, 0) is 4.74 Å². The molecule has 1 aliphatic heterocycles. The van der Waals surface area contributed by atoms with Gasteiger partial charge in [-0.3, -0.25) is 0 Å². The van der Waals surface area contributed by atoms with Crippen LogP contribution in [0.2, 0.25) is 0 Å². The first kappa shape index (κ1) is 12.1. The highest BCUT2D eigenvalue weighted by atomic mass is 16.5. The van der Waals surface area contributed by atoms with Crippen molar-refractivity contribution in [3.05, 3.63) is 11.8 Å². The van der Waals surface area contributed by atoms with Crippen LogP contribution >= 0.6 is 0 Å². The molecule has 5 heteroatoms. The van der Waals surface area contributed by atoms with Gasteiger partial charge in [0.1, 0.15) is 5.82 Å². The minimum absolute atomic E-state index is 0.0498. The van der Waals surface area contributed by atoms with E-state index in [1.807, 2.05) is 20.0 Å². The minimum Gasteiger partial charge on any atom is -0.376 e. The molecule has 0 spiro atoms. The molecule has 17 heavy (non-hydrogen) atoms. The molecule has 1 saturated heterocycles. The predicted molar refractivity (Wildman–Crippen MR) is 68.4 cm³/mol. The summed E-state index contributed by atoms with van der Waals surface area (Å²) in [5.41, 5.74) is 0.897. The Bertz CT molecular complexity index is 409. The van der Waals surface area contributed by atoms with Crippen LogP contribution < -0.4 is 10.6 Å². The second-order valence-corrected chi connectivity index (χ2v) is 4.77. The van der Waals surface area contributed by atoms with E-state index >= 15 is 0 Å². The lowest BCUT2D eigenvalue weighted by molar-refractivity contribution is 0.105. The van der Waals surface area contributed by atoms with Gasteiger partial charge in [0.15, 0.2) is 0 Å². The fourth-order valence-corrected chi connectivity index (χ4v) is 2.04. The van der Waals surface area contributed by atoms with Crippen LogP contribution in [0.25, 0.3) is 0 Å². The molecule has 1 aliphatic rings. The van der Waals surface area contributed by atoms with E-state index < -0.39 is 0 Å². The number of hydrogen-bond donors (Lipinski definition) is 2. The van der Waals surface area contributed by atoms with Crippen molar-refractivity contribution in [2.24, 2.45) is 0 Å². The van der Waals surface area contributed by atoms with E-state index in [0.717, 1.165) is 24.5 Å². The van der Waals surface area contributed by atoms with Gasteiger partial charge in [-0.2, -0.15) is 4.98 Å². The van der Waals surface area contributed by atoms with Gasteiger partial charge in [0.2, 0.25) is 5.95 Å². The molecule has 0 amide bonds. The molecule has 2 atom stereocenters. The third kappa shape index (κ3) is 2.49. The number of rotatable bonds is 3. The fraction of sp³-hybridized carbons (Fsp3) is 0.667. The van der Waals surface area contributed by atoms with Gasteiger partial charge in [-0.1, -0.05) is 0 Å². The van der Waals surface area contributed by atoms with Crippen LogP contribution in [-0.4, -0.2) is 35.3 Å². The van der Waals surface area contributed by atoms with Crippen molar-refractivity contribution in [2.45, 2.75) is 38.8 Å². The molecule has 5 nitrogen and oxygen atoms in total. The maximum absolute atomic E-state index is 5.61. The van der Waals surface area contributed by atoms with Crippen molar-refractivity contribution in [1.29, 1.82) is 0 Å². The smallest absolute Gasteiger partial charge is 0.224 e. The van der Waals surface area contributed by atoms with Gasteiger partial charge in [0.05, 0.1) is 11.6 Å². The number of aromatic nitrogens is 2. The van der Waals surface area contributed by atoms with E-state index in [0.29, 0.717) is 5.95 Å². The second kappa shape index (κ2) is 4.49. The second-order valence-electron chi connectivity index (χ2n) is 4.77. The Labute approximate surface area is 102 Å². The summed E-state index contributed by atoms with van der Waals surface area (Å²) in [7, 11) is 1.82. The zero-order chi connectivity index (χ0) is 12.5. The van der Waals surface area contributed by atoms with Crippen LogP contribution in [0, 0.1) is 6.92 Å². The molecular weight excluding hydrogens is 216 g/mol. The first-order valence-corrected chi connectivity index (χ1v) is 5.97. The van der Waals surface area contributed by atoms with Gasteiger partial charge in [-0.15, -0.1) is 0 Å². The quantitative estimate of drug-likeness (QED) is 0.838. The van der Waals surface area contributed by atoms with Crippen molar-refractivity contribution in [3.63, 3.8) is 0 Å². The van der Waals surface area contributed by atoms with Gasteiger partial charge in [-0.05, 0) is 27.2 Å². The highest BCUT2D eigenvalue weighted by Crippen LogP contribution is 2.29. The van der Waals surface area contributed by atoms with Gasteiger partial charge in [0.25, 0.3) is 0 Å². The van der Waals surface area contributed by atoms with Gasteiger partial charge in [0, 0.05) is 25.4 Å². The van der Waals surface area contributed by atoms with Crippen LogP contribution in [0.1, 0.15) is 26.0 Å². The molecule has 0 radical (unpaired) electrons. The topological polar surface area (TPSA) is 59.1 Å². The predicted octanol–water partition coefficient (Wildman–Crippen LogP) is 1.81. The molecule has 1 aromatic heterocycles. The molecular formula is C12H20N4O. The van der Waals surface area contributed by atoms with Crippen molar-refractivity contribution in [1.82, 2.24) is 9.97 Å². The average Bonchev–Trinajstić information content (AvgIpc) is 2.58. The van der Waals surface area contributed by atoms with Crippen molar-refractivity contribution >= 4 is 11.8 Å². The van der Waals surface area contributed by atoms with Crippen molar-refractivity contribution in [3.8, 4) is 0 Å². The van der Waals surface area contributed by atoms with Crippen LogP contribution in [0.5, 0.6) is 0 Å². The summed E-state index contributed by atoms with van der Waals surface area (Å²) in [4.78, 5) is 8.68. The maximum atomic E-state index is 5.61. The first-order valence-electron chi connectivity index (χ1n) is 5.97. The van der Waals surface area contributed by atoms with E-state index in [1.165, 1.54) is 0 Å². The SMILES string of the molecule is CNc1nc(C)cc(NC2(C)CCOC2C)n1. The number of nitrogens with zero attached hydrogens (tertiary/aromatic N) is 2. The maximum Gasteiger partial charge on any atom is 0.224 e. The summed E-state index contributed by atoms with van der Waals surface area (Å²) in [5, 5.41) is 6.43. The monoisotopic (exact) mass is 236 g/mol. The summed E-state index contributed by atoms with van der Waals surface area (Å²) >= 11 is 0. The van der Waals surface area contributed by atoms with E-state index in [1.54, 1.807) is 0 Å². The summed E-state index contributed by atoms with van der Waals surface area (Å²) in [6.07, 6.45) is 1.18. The van der Waals surface area contributed by atoms with Crippen LogP contribution in [0.15, 0.2) is 6.07 Å². The Morgan fingerprint density at radius 1 is 1.47 bits per heavy atom. The molecule has 0 bridgehead atoms. The Balaban J connectivity index is 2.20. The van der Waals surface area contributed by atoms with E-state index in [9.17, 15) is 0 Å². The highest BCUT2D eigenvalue weighted by Gasteiger charge is 2.37. The number of anilines is 2. The third-order valence-corrected chi connectivity index (χ3v) is 3.38. The molecule has 2 N–H and O–H groups in total. The molecule has 0 saturated carbocycles. The molecule has 94 valence electrons. The molecule has 1 aromatic rings. The van der Waals surface area contributed by atoms with Gasteiger partial charge < -0.3 is 15.4 Å². The fourth-order valence-electron chi connectivity index (χ4n) is 2.04. The summed E-state index contributed by atoms with van der Waals surface area (Å²) in [6.45, 7) is 7.02.